The first-order chi connectivity index (χ1) is 15.9. The van der Waals surface area contributed by atoms with E-state index >= 15 is 0 Å². The van der Waals surface area contributed by atoms with Gasteiger partial charge >= 0.3 is 0 Å². The molecule has 8 heteroatoms. The molecule has 5 atom stereocenters. The van der Waals surface area contributed by atoms with Gasteiger partial charge in [-0.05, 0) is 47.2 Å². The molecular weight excluding hydrogens is 446 g/mol. The topological polar surface area (TPSA) is 121 Å². The van der Waals surface area contributed by atoms with Crippen molar-refractivity contribution < 1.29 is 39.4 Å². The van der Waals surface area contributed by atoms with Gasteiger partial charge in [0.2, 0.25) is 0 Å². The van der Waals surface area contributed by atoms with Crippen LogP contribution in [0.5, 0.6) is 0 Å². The minimum Gasteiger partial charge on any atom is -0.394 e. The van der Waals surface area contributed by atoms with E-state index in [2.05, 4.69) is 6.58 Å². The molecule has 2 rings (SSSR count). The highest BCUT2D eigenvalue weighted by Crippen LogP contribution is 2.34. The SMILES string of the molecule is C=CC(O)(Cc1ccc(CC)c(F)c1)[C@@H](O)[C@@](O)(Cc1ccc(CC)c(F)c1)[C@H](O)[C@@H](O)CO. The normalized spacial score (nSPS) is 17.9. The fourth-order valence-corrected chi connectivity index (χ4v) is 4.14. The lowest BCUT2D eigenvalue weighted by Crippen LogP contribution is -2.66. The molecule has 0 aliphatic carbocycles. The second kappa shape index (κ2) is 11.5. The van der Waals surface area contributed by atoms with Crippen molar-refractivity contribution in [2.75, 3.05) is 6.61 Å². The van der Waals surface area contributed by atoms with Gasteiger partial charge in [-0.25, -0.2) is 8.78 Å². The van der Waals surface area contributed by atoms with Crippen LogP contribution in [0.3, 0.4) is 0 Å². The number of hydrogen-bond acceptors (Lipinski definition) is 6. The zero-order valence-electron chi connectivity index (χ0n) is 19.5. The molecule has 0 saturated heterocycles. The van der Waals surface area contributed by atoms with Gasteiger partial charge in [-0.15, -0.1) is 6.58 Å². The van der Waals surface area contributed by atoms with E-state index in [1.165, 1.54) is 24.3 Å². The molecule has 0 bridgehead atoms. The minimum absolute atomic E-state index is 0.171. The summed E-state index contributed by atoms with van der Waals surface area (Å²) < 4.78 is 28.6. The molecule has 2 aromatic carbocycles. The van der Waals surface area contributed by atoms with Crippen LogP contribution in [-0.2, 0) is 25.7 Å². The summed E-state index contributed by atoms with van der Waals surface area (Å²) >= 11 is 0. The molecule has 1 unspecified atom stereocenters. The molecule has 0 radical (unpaired) electrons. The summed E-state index contributed by atoms with van der Waals surface area (Å²) in [6, 6.07) is 8.39. The molecular formula is C26H34F2O6. The second-order valence-electron chi connectivity index (χ2n) is 8.70. The lowest BCUT2D eigenvalue weighted by Gasteiger charge is -2.45. The number of aliphatic hydroxyl groups excluding tert-OH is 4. The first-order valence-electron chi connectivity index (χ1n) is 11.2. The summed E-state index contributed by atoms with van der Waals surface area (Å²) in [4.78, 5) is 0. The fourth-order valence-electron chi connectivity index (χ4n) is 4.14. The Hall–Kier alpha value is -2.20. The highest BCUT2D eigenvalue weighted by molar-refractivity contribution is 5.30. The average molecular weight is 481 g/mol. The molecule has 0 aromatic heterocycles. The number of aliphatic hydroxyl groups is 6. The average Bonchev–Trinajstić information content (AvgIpc) is 2.82. The third-order valence-electron chi connectivity index (χ3n) is 6.34. The Morgan fingerprint density at radius 1 is 0.882 bits per heavy atom. The van der Waals surface area contributed by atoms with E-state index in [4.69, 9.17) is 0 Å². The Morgan fingerprint density at radius 3 is 1.74 bits per heavy atom. The van der Waals surface area contributed by atoms with E-state index in [1.54, 1.807) is 19.9 Å². The number of benzene rings is 2. The predicted molar refractivity (Wildman–Crippen MR) is 124 cm³/mol. The summed E-state index contributed by atoms with van der Waals surface area (Å²) in [7, 11) is 0. The van der Waals surface area contributed by atoms with Crippen LogP contribution in [0.1, 0.15) is 36.1 Å². The third kappa shape index (κ3) is 5.89. The Balaban J connectivity index is 2.49. The molecule has 0 spiro atoms. The molecule has 0 aliphatic rings. The summed E-state index contributed by atoms with van der Waals surface area (Å²) in [5, 5.41) is 63.8. The van der Waals surface area contributed by atoms with Crippen molar-refractivity contribution in [3.63, 3.8) is 0 Å². The standard InChI is InChI=1S/C26H34F2O6/c1-4-18-9-7-16(11-20(18)27)13-25(33,6-3)24(32)26(34,23(31)22(30)15-29)14-17-8-10-19(5-2)21(28)12-17/h6-12,22-24,29-34H,3-5,13-15H2,1-2H3/t22-,23+,24+,25?,26+/m0/s1. The number of aryl methyl sites for hydroxylation is 2. The molecule has 0 aliphatic heterocycles. The van der Waals surface area contributed by atoms with Gasteiger partial charge in [0, 0.05) is 12.8 Å². The van der Waals surface area contributed by atoms with Crippen LogP contribution in [0, 0.1) is 11.6 Å². The summed E-state index contributed by atoms with van der Waals surface area (Å²) in [6.07, 6.45) is -5.31. The number of rotatable bonds is 12. The van der Waals surface area contributed by atoms with Gasteiger partial charge in [-0.2, -0.15) is 0 Å². The first-order valence-corrected chi connectivity index (χ1v) is 11.2. The summed E-state index contributed by atoms with van der Waals surface area (Å²) in [6.45, 7) is 6.12. The highest BCUT2D eigenvalue weighted by Gasteiger charge is 2.53. The molecule has 2 aromatic rings. The van der Waals surface area contributed by atoms with Crippen molar-refractivity contribution in [3.8, 4) is 0 Å². The van der Waals surface area contributed by atoms with Crippen LogP contribution >= 0.6 is 0 Å². The molecule has 0 amide bonds. The van der Waals surface area contributed by atoms with Crippen molar-refractivity contribution in [1.82, 2.24) is 0 Å². The Morgan fingerprint density at radius 2 is 1.35 bits per heavy atom. The zero-order chi connectivity index (χ0) is 25.7. The van der Waals surface area contributed by atoms with Crippen LogP contribution in [0.25, 0.3) is 0 Å². The van der Waals surface area contributed by atoms with E-state index < -0.39 is 54.2 Å². The van der Waals surface area contributed by atoms with Crippen LogP contribution in [0.2, 0.25) is 0 Å². The van der Waals surface area contributed by atoms with Crippen molar-refractivity contribution in [2.24, 2.45) is 0 Å². The smallest absolute Gasteiger partial charge is 0.126 e. The van der Waals surface area contributed by atoms with Crippen molar-refractivity contribution in [1.29, 1.82) is 0 Å². The maximum atomic E-state index is 14.3. The van der Waals surface area contributed by atoms with Gasteiger partial charge in [0.15, 0.2) is 0 Å². The third-order valence-corrected chi connectivity index (χ3v) is 6.34. The van der Waals surface area contributed by atoms with Gasteiger partial charge in [-0.3, -0.25) is 0 Å². The van der Waals surface area contributed by atoms with Gasteiger partial charge < -0.3 is 30.6 Å². The highest BCUT2D eigenvalue weighted by atomic mass is 19.1. The molecule has 6 nitrogen and oxygen atoms in total. The Labute approximate surface area is 198 Å². The van der Waals surface area contributed by atoms with E-state index in [1.807, 2.05) is 0 Å². The number of hydrogen-bond donors (Lipinski definition) is 6. The largest absolute Gasteiger partial charge is 0.394 e. The summed E-state index contributed by atoms with van der Waals surface area (Å²) in [5.74, 6) is -1.06. The van der Waals surface area contributed by atoms with E-state index in [9.17, 15) is 39.4 Å². The van der Waals surface area contributed by atoms with Crippen molar-refractivity contribution in [2.45, 2.75) is 69.0 Å². The first kappa shape index (κ1) is 28.0. The minimum atomic E-state index is -2.65. The molecule has 188 valence electrons. The zero-order valence-corrected chi connectivity index (χ0v) is 19.5. The van der Waals surface area contributed by atoms with Crippen LogP contribution in [0.15, 0.2) is 49.1 Å². The molecule has 34 heavy (non-hydrogen) atoms. The lowest BCUT2D eigenvalue weighted by atomic mass is 9.73. The molecule has 0 saturated carbocycles. The maximum absolute atomic E-state index is 14.3. The van der Waals surface area contributed by atoms with Crippen LogP contribution < -0.4 is 0 Å². The number of halogens is 2. The summed E-state index contributed by atoms with van der Waals surface area (Å²) in [5.41, 5.74) is -3.59. The fraction of sp³-hybridized carbons (Fsp3) is 0.462. The van der Waals surface area contributed by atoms with Crippen LogP contribution in [-0.4, -0.2) is 66.8 Å². The second-order valence-corrected chi connectivity index (χ2v) is 8.70. The maximum Gasteiger partial charge on any atom is 0.126 e. The van der Waals surface area contributed by atoms with Crippen LogP contribution in [0.4, 0.5) is 8.78 Å². The van der Waals surface area contributed by atoms with Gasteiger partial charge in [0.1, 0.15) is 41.1 Å². The Bertz CT molecular complexity index is 984. The van der Waals surface area contributed by atoms with Gasteiger partial charge in [-0.1, -0.05) is 44.2 Å². The van der Waals surface area contributed by atoms with Gasteiger partial charge in [0.25, 0.3) is 0 Å². The quantitative estimate of drug-likeness (QED) is 0.257. The van der Waals surface area contributed by atoms with E-state index in [0.29, 0.717) is 24.0 Å². The lowest BCUT2D eigenvalue weighted by molar-refractivity contribution is -0.218. The van der Waals surface area contributed by atoms with Crippen molar-refractivity contribution >= 4 is 0 Å². The monoisotopic (exact) mass is 480 g/mol. The van der Waals surface area contributed by atoms with Gasteiger partial charge in [0.05, 0.1) is 6.61 Å². The van der Waals surface area contributed by atoms with E-state index in [-0.39, 0.29) is 17.5 Å². The van der Waals surface area contributed by atoms with E-state index in [0.717, 1.165) is 12.1 Å². The Kier molecular flexibility index (Phi) is 9.47. The molecule has 6 N–H and O–H groups in total. The van der Waals surface area contributed by atoms with Crippen molar-refractivity contribution in [3.05, 3.63) is 82.9 Å². The predicted octanol–water partition coefficient (Wildman–Crippen LogP) is 1.60. The molecule has 0 fully saturated rings. The molecule has 0 heterocycles.